The van der Waals surface area contributed by atoms with Gasteiger partial charge in [0.1, 0.15) is 17.9 Å². The Labute approximate surface area is 199 Å². The van der Waals surface area contributed by atoms with E-state index in [9.17, 15) is 15.0 Å². The number of aliphatic hydroxyl groups excluding tert-OH is 2. The number of pyridine rings is 1. The lowest BCUT2D eigenvalue weighted by molar-refractivity contribution is -0.137. The molecule has 5 heterocycles. The third-order valence-corrected chi connectivity index (χ3v) is 5.64. The maximum Gasteiger partial charge on any atom is 0.251 e. The zero-order chi connectivity index (χ0) is 24.5. The first kappa shape index (κ1) is 22.8. The van der Waals surface area contributed by atoms with Crippen molar-refractivity contribution in [2.45, 2.75) is 37.9 Å². The molecule has 5 rings (SSSR count). The second-order valence-electron chi connectivity index (χ2n) is 7.98. The normalized spacial score (nSPS) is 21.9. The van der Waals surface area contributed by atoms with Crippen molar-refractivity contribution in [2.75, 3.05) is 18.9 Å². The molecule has 0 unspecified atom stereocenters. The minimum absolute atomic E-state index is 0.225. The number of nitrogens with zero attached hydrogens (tertiary/aromatic N) is 6. The zero-order valence-electron chi connectivity index (χ0n) is 19.0. The highest BCUT2D eigenvalue weighted by atomic mass is 16.6. The van der Waals surface area contributed by atoms with Gasteiger partial charge in [-0.3, -0.25) is 14.3 Å². The van der Waals surface area contributed by atoms with E-state index in [2.05, 4.69) is 35.7 Å². The van der Waals surface area contributed by atoms with Crippen LogP contribution >= 0.6 is 0 Å². The lowest BCUT2D eigenvalue weighted by atomic mass is 10.1. The summed E-state index contributed by atoms with van der Waals surface area (Å²) in [6.07, 6.45) is -1.23. The third-order valence-electron chi connectivity index (χ3n) is 5.64. The molecule has 1 amide bonds. The van der Waals surface area contributed by atoms with Gasteiger partial charge in [0, 0.05) is 25.9 Å². The molecule has 4 atom stereocenters. The van der Waals surface area contributed by atoms with Gasteiger partial charge in [-0.05, 0) is 18.6 Å². The summed E-state index contributed by atoms with van der Waals surface area (Å²) in [5, 5.41) is 30.7. The molecule has 1 fully saturated rings. The summed E-state index contributed by atoms with van der Waals surface area (Å²) in [4.78, 5) is 29.9. The minimum atomic E-state index is -1.42. The van der Waals surface area contributed by atoms with Crippen LogP contribution in [0.2, 0.25) is 0 Å². The number of anilines is 1. The van der Waals surface area contributed by atoms with Crippen LogP contribution in [0.4, 0.5) is 5.82 Å². The van der Waals surface area contributed by atoms with Crippen LogP contribution in [0.15, 0.2) is 41.3 Å². The van der Waals surface area contributed by atoms with Crippen molar-refractivity contribution in [3.63, 3.8) is 0 Å². The van der Waals surface area contributed by atoms with Gasteiger partial charge in [0.05, 0.1) is 12.0 Å². The van der Waals surface area contributed by atoms with Crippen LogP contribution in [-0.2, 0) is 9.53 Å². The van der Waals surface area contributed by atoms with E-state index in [0.717, 1.165) is 6.42 Å². The molecule has 0 bridgehead atoms. The number of carbonyl (C=O) groups excluding carboxylic acids is 1. The summed E-state index contributed by atoms with van der Waals surface area (Å²) >= 11 is 0. The fourth-order valence-corrected chi connectivity index (χ4v) is 3.84. The summed E-state index contributed by atoms with van der Waals surface area (Å²) in [7, 11) is 1.42. The molecular weight excluding hydrogens is 456 g/mol. The molecule has 35 heavy (non-hydrogen) atoms. The van der Waals surface area contributed by atoms with Crippen molar-refractivity contribution >= 4 is 22.9 Å². The van der Waals surface area contributed by atoms with Gasteiger partial charge in [-0.25, -0.2) is 15.0 Å². The Morgan fingerprint density at radius 3 is 2.77 bits per heavy atom. The first-order valence-electron chi connectivity index (χ1n) is 11.1. The topological polar surface area (TPSA) is 173 Å². The molecule has 0 saturated carbocycles. The smallest absolute Gasteiger partial charge is 0.251 e. The lowest BCUT2D eigenvalue weighted by Gasteiger charge is -2.16. The van der Waals surface area contributed by atoms with E-state index in [4.69, 9.17) is 9.26 Å². The van der Waals surface area contributed by atoms with Crippen LogP contribution in [0.5, 0.6) is 0 Å². The van der Waals surface area contributed by atoms with Gasteiger partial charge >= 0.3 is 0 Å². The van der Waals surface area contributed by atoms with E-state index < -0.39 is 30.4 Å². The minimum Gasteiger partial charge on any atom is -0.387 e. The SMILES string of the molecule is CCCNc1nc(-c2cc(-c3ccccn3)no2)nc2c1ncn2[C@@H]1O[C@H](C(=O)NC)[C@@H](O)[C@H]1O. The van der Waals surface area contributed by atoms with Gasteiger partial charge < -0.3 is 30.1 Å². The van der Waals surface area contributed by atoms with E-state index >= 15 is 0 Å². The van der Waals surface area contributed by atoms with Gasteiger partial charge in [-0.2, -0.15) is 0 Å². The number of fused-ring (bicyclic) bond motifs is 1. The highest BCUT2D eigenvalue weighted by Gasteiger charge is 2.47. The Morgan fingerprint density at radius 2 is 2.03 bits per heavy atom. The van der Waals surface area contributed by atoms with Gasteiger partial charge in [-0.15, -0.1) is 0 Å². The average molecular weight is 480 g/mol. The molecule has 4 aromatic rings. The summed E-state index contributed by atoms with van der Waals surface area (Å²) in [6.45, 7) is 2.65. The van der Waals surface area contributed by atoms with E-state index in [-0.39, 0.29) is 5.82 Å². The van der Waals surface area contributed by atoms with E-state index in [1.165, 1.54) is 17.9 Å². The largest absolute Gasteiger partial charge is 0.387 e. The molecule has 4 aromatic heterocycles. The standard InChI is InChI=1S/C22H24N8O5/c1-3-7-25-19-14-20(30(10-26-14)22-16(32)15(31)17(34-22)21(33)23-2)28-18(27-19)13-9-12(29-35-13)11-6-4-5-8-24-11/h4-6,8-10,15-17,22,31-32H,3,7H2,1-2H3,(H,23,33)(H,25,27,28)/t15-,16+,17-,22+/m0/s1. The number of aliphatic hydroxyl groups is 2. The van der Waals surface area contributed by atoms with Crippen LogP contribution < -0.4 is 10.6 Å². The number of rotatable bonds is 7. The van der Waals surface area contributed by atoms with Crippen LogP contribution in [0.3, 0.4) is 0 Å². The van der Waals surface area contributed by atoms with Crippen molar-refractivity contribution < 1.29 is 24.3 Å². The third kappa shape index (κ3) is 4.09. The number of ether oxygens (including phenoxy) is 1. The van der Waals surface area contributed by atoms with Gasteiger partial charge in [0.15, 0.2) is 29.3 Å². The Kier molecular flexibility index (Phi) is 6.11. The number of carbonyl (C=O) groups is 1. The molecule has 0 aliphatic carbocycles. The number of imidazole rings is 1. The van der Waals surface area contributed by atoms with Crippen LogP contribution in [-0.4, -0.2) is 77.7 Å². The number of hydrogen-bond donors (Lipinski definition) is 4. The zero-order valence-corrected chi connectivity index (χ0v) is 19.0. The Balaban J connectivity index is 1.58. The predicted octanol–water partition coefficient (Wildman–Crippen LogP) is 0.730. The second kappa shape index (κ2) is 9.37. The highest BCUT2D eigenvalue weighted by molar-refractivity contribution is 5.85. The number of aromatic nitrogens is 6. The van der Waals surface area contributed by atoms with Crippen molar-refractivity contribution in [1.29, 1.82) is 0 Å². The molecule has 1 aliphatic rings. The monoisotopic (exact) mass is 480 g/mol. The molecule has 0 aromatic carbocycles. The van der Waals surface area contributed by atoms with Gasteiger partial charge in [0.2, 0.25) is 11.6 Å². The van der Waals surface area contributed by atoms with Crippen molar-refractivity contribution in [3.05, 3.63) is 36.8 Å². The summed E-state index contributed by atoms with van der Waals surface area (Å²) in [5.41, 5.74) is 1.90. The van der Waals surface area contributed by atoms with E-state index in [0.29, 0.717) is 40.7 Å². The Hall–Kier alpha value is -3.94. The predicted molar refractivity (Wildman–Crippen MR) is 123 cm³/mol. The molecular formula is C22H24N8O5. The Morgan fingerprint density at radius 1 is 1.17 bits per heavy atom. The molecule has 13 nitrogen and oxygen atoms in total. The molecule has 4 N–H and O–H groups in total. The highest BCUT2D eigenvalue weighted by Crippen LogP contribution is 2.34. The number of nitrogens with one attached hydrogen (secondary N) is 2. The number of hydrogen-bond acceptors (Lipinski definition) is 11. The summed E-state index contributed by atoms with van der Waals surface area (Å²) in [5.74, 6) is 0.435. The van der Waals surface area contributed by atoms with Crippen molar-refractivity contribution in [3.8, 4) is 23.0 Å². The van der Waals surface area contributed by atoms with E-state index in [1.807, 2.05) is 19.1 Å². The maximum atomic E-state index is 12.1. The van der Waals surface area contributed by atoms with Crippen LogP contribution in [0.25, 0.3) is 34.1 Å². The molecule has 182 valence electrons. The quantitative estimate of drug-likeness (QED) is 0.294. The van der Waals surface area contributed by atoms with Gasteiger partial charge in [-0.1, -0.05) is 18.1 Å². The first-order valence-corrected chi connectivity index (χ1v) is 11.1. The van der Waals surface area contributed by atoms with Gasteiger partial charge in [0.25, 0.3) is 5.91 Å². The fourth-order valence-electron chi connectivity index (χ4n) is 3.84. The average Bonchev–Trinajstić information content (AvgIpc) is 3.61. The molecule has 1 aliphatic heterocycles. The fraction of sp³-hybridized carbons (Fsp3) is 0.364. The van der Waals surface area contributed by atoms with Crippen LogP contribution in [0.1, 0.15) is 19.6 Å². The maximum absolute atomic E-state index is 12.1. The summed E-state index contributed by atoms with van der Waals surface area (Å²) in [6, 6.07) is 7.14. The van der Waals surface area contributed by atoms with Crippen molar-refractivity contribution in [1.82, 2.24) is 35.0 Å². The molecule has 1 saturated heterocycles. The molecule has 0 spiro atoms. The second-order valence-corrected chi connectivity index (χ2v) is 7.98. The molecule has 13 heteroatoms. The Bertz CT molecular complexity index is 1340. The number of likely N-dealkylation sites (N-methyl/N-ethyl adjacent to an activating group) is 1. The lowest BCUT2D eigenvalue weighted by Crippen LogP contribution is -2.41. The van der Waals surface area contributed by atoms with Crippen molar-refractivity contribution in [2.24, 2.45) is 0 Å². The molecule has 0 radical (unpaired) electrons. The van der Waals surface area contributed by atoms with Crippen LogP contribution in [0, 0.1) is 0 Å². The summed E-state index contributed by atoms with van der Waals surface area (Å²) < 4.78 is 12.7. The first-order chi connectivity index (χ1) is 17.0. The van der Waals surface area contributed by atoms with E-state index in [1.54, 1.807) is 18.3 Å². The number of amides is 1.